The number of carbonyl (C=O) groups is 2. The second-order valence-electron chi connectivity index (χ2n) is 1.83. The van der Waals surface area contributed by atoms with Crippen LogP contribution in [0.5, 0.6) is 0 Å². The summed E-state index contributed by atoms with van der Waals surface area (Å²) in [5, 5.41) is 8.44. The number of hydrogen-bond acceptors (Lipinski definition) is 3. The molecule has 0 radical (unpaired) electrons. The van der Waals surface area contributed by atoms with Crippen molar-refractivity contribution in [2.24, 2.45) is 5.73 Å². The minimum Gasteiger partial charge on any atom is -0.477 e. The zero-order chi connectivity index (χ0) is 8.43. The van der Waals surface area contributed by atoms with Crippen molar-refractivity contribution >= 4 is 23.2 Å². The highest BCUT2D eigenvalue weighted by molar-refractivity contribution is 7.15. The number of rotatable bonds is 2. The van der Waals surface area contributed by atoms with Gasteiger partial charge in [-0.15, -0.1) is 11.3 Å². The normalized spacial score (nSPS) is 9.45. The topological polar surface area (TPSA) is 80.4 Å². The van der Waals surface area contributed by atoms with Crippen LogP contribution in [-0.4, -0.2) is 17.0 Å². The molecule has 1 heterocycles. The number of aromatic carboxylic acids is 1. The number of nitrogens with two attached hydrogens (primary N) is 1. The minimum absolute atomic E-state index is 0.124. The van der Waals surface area contributed by atoms with Crippen molar-refractivity contribution in [3.05, 3.63) is 21.9 Å². The minimum atomic E-state index is -1.04. The smallest absolute Gasteiger partial charge is 0.345 e. The van der Waals surface area contributed by atoms with Gasteiger partial charge in [-0.1, -0.05) is 0 Å². The summed E-state index contributed by atoms with van der Waals surface area (Å²) in [5.74, 6) is -1.63. The van der Waals surface area contributed by atoms with E-state index in [0.29, 0.717) is 0 Å². The van der Waals surface area contributed by atoms with E-state index in [1.807, 2.05) is 0 Å². The number of carboxylic acids is 1. The summed E-state index contributed by atoms with van der Waals surface area (Å²) >= 11 is 0.875. The molecule has 11 heavy (non-hydrogen) atoms. The highest BCUT2D eigenvalue weighted by atomic mass is 32.1. The van der Waals surface area contributed by atoms with Crippen LogP contribution >= 0.6 is 11.3 Å². The lowest BCUT2D eigenvalue weighted by atomic mass is 10.4. The van der Waals surface area contributed by atoms with Crippen LogP contribution in [0.25, 0.3) is 0 Å². The summed E-state index contributed by atoms with van der Waals surface area (Å²) < 4.78 is 0. The molecule has 0 aliphatic rings. The molecule has 0 aliphatic carbocycles. The Hall–Kier alpha value is -1.36. The molecule has 1 aromatic heterocycles. The quantitative estimate of drug-likeness (QED) is 0.681. The average Bonchev–Trinajstić information content (AvgIpc) is 2.33. The highest BCUT2D eigenvalue weighted by Crippen LogP contribution is 2.15. The van der Waals surface area contributed by atoms with Gasteiger partial charge in [0.15, 0.2) is 0 Å². The van der Waals surface area contributed by atoms with Crippen molar-refractivity contribution in [3.8, 4) is 0 Å². The van der Waals surface area contributed by atoms with Crippen LogP contribution in [0.2, 0.25) is 0 Å². The Morgan fingerprint density at radius 2 is 1.91 bits per heavy atom. The third-order valence-corrected chi connectivity index (χ3v) is 2.15. The van der Waals surface area contributed by atoms with Crippen LogP contribution in [0, 0.1) is 0 Å². The van der Waals surface area contributed by atoms with Gasteiger partial charge in [0.25, 0.3) is 5.91 Å². The van der Waals surface area contributed by atoms with E-state index in [9.17, 15) is 9.59 Å². The van der Waals surface area contributed by atoms with Gasteiger partial charge in [0, 0.05) is 0 Å². The van der Waals surface area contributed by atoms with E-state index in [4.69, 9.17) is 10.8 Å². The SMILES string of the molecule is NC(=O)c1ccc(C(=O)O)s1. The van der Waals surface area contributed by atoms with Gasteiger partial charge in [-0.25, -0.2) is 4.79 Å². The molecule has 0 unspecified atom stereocenters. The number of primary amides is 1. The van der Waals surface area contributed by atoms with Gasteiger partial charge >= 0.3 is 5.97 Å². The molecule has 4 nitrogen and oxygen atoms in total. The second kappa shape index (κ2) is 2.71. The highest BCUT2D eigenvalue weighted by Gasteiger charge is 2.09. The zero-order valence-corrected chi connectivity index (χ0v) is 6.22. The van der Waals surface area contributed by atoms with E-state index in [2.05, 4.69) is 0 Å². The average molecular weight is 171 g/mol. The fraction of sp³-hybridized carbons (Fsp3) is 0. The van der Waals surface area contributed by atoms with Crippen LogP contribution in [0.3, 0.4) is 0 Å². The fourth-order valence-corrected chi connectivity index (χ4v) is 1.28. The number of carbonyl (C=O) groups excluding carboxylic acids is 1. The Morgan fingerprint density at radius 1 is 1.36 bits per heavy atom. The van der Waals surface area contributed by atoms with E-state index < -0.39 is 11.9 Å². The maximum Gasteiger partial charge on any atom is 0.345 e. The Labute approximate surface area is 66.3 Å². The Bertz CT molecular complexity index is 276. The standard InChI is InChI=1S/C6H5NO3S/c7-5(8)3-1-2-4(11-3)6(9)10/h1-2H,(H2,7,8)(H,9,10). The van der Waals surface area contributed by atoms with E-state index in [0.717, 1.165) is 11.3 Å². The predicted octanol–water partition coefficient (Wildman–Crippen LogP) is 0.545. The molecule has 0 bridgehead atoms. The maximum atomic E-state index is 10.5. The molecular weight excluding hydrogens is 166 g/mol. The van der Waals surface area contributed by atoms with E-state index in [-0.39, 0.29) is 9.75 Å². The molecule has 0 aromatic carbocycles. The summed E-state index contributed by atoms with van der Waals surface area (Å²) in [5.41, 5.74) is 4.91. The molecule has 1 aromatic rings. The van der Waals surface area contributed by atoms with Gasteiger partial charge in [0.1, 0.15) is 4.88 Å². The molecule has 0 saturated carbocycles. The molecule has 0 saturated heterocycles. The van der Waals surface area contributed by atoms with Crippen molar-refractivity contribution in [3.63, 3.8) is 0 Å². The molecule has 1 amide bonds. The van der Waals surface area contributed by atoms with Gasteiger partial charge in [0.2, 0.25) is 0 Å². The van der Waals surface area contributed by atoms with Crippen molar-refractivity contribution in [2.75, 3.05) is 0 Å². The van der Waals surface area contributed by atoms with Crippen LogP contribution < -0.4 is 5.73 Å². The van der Waals surface area contributed by atoms with Crippen LogP contribution in [-0.2, 0) is 0 Å². The first-order valence-electron chi connectivity index (χ1n) is 2.74. The molecule has 0 atom stereocenters. The summed E-state index contributed by atoms with van der Waals surface area (Å²) in [6.07, 6.45) is 0. The van der Waals surface area contributed by atoms with Crippen molar-refractivity contribution in [1.82, 2.24) is 0 Å². The molecule has 3 N–H and O–H groups in total. The van der Waals surface area contributed by atoms with Gasteiger partial charge in [0.05, 0.1) is 4.88 Å². The van der Waals surface area contributed by atoms with Crippen LogP contribution in [0.15, 0.2) is 12.1 Å². The molecule has 0 fully saturated rings. The van der Waals surface area contributed by atoms with Gasteiger partial charge in [-0.2, -0.15) is 0 Å². The van der Waals surface area contributed by atoms with Gasteiger partial charge in [-0.05, 0) is 12.1 Å². The first-order chi connectivity index (χ1) is 5.11. The lowest BCUT2D eigenvalue weighted by molar-refractivity contribution is 0.0702. The zero-order valence-electron chi connectivity index (χ0n) is 5.40. The molecule has 5 heteroatoms. The van der Waals surface area contributed by atoms with E-state index in [1.54, 1.807) is 0 Å². The molecule has 1 rings (SSSR count). The van der Waals surface area contributed by atoms with Crippen molar-refractivity contribution in [1.29, 1.82) is 0 Å². The number of amides is 1. The number of thiophene rings is 1. The molecule has 0 aliphatic heterocycles. The number of carboxylic acid groups (broad SMARTS) is 1. The van der Waals surface area contributed by atoms with E-state index in [1.165, 1.54) is 12.1 Å². The predicted molar refractivity (Wildman–Crippen MR) is 39.8 cm³/mol. The lowest BCUT2D eigenvalue weighted by Gasteiger charge is -1.83. The Morgan fingerprint density at radius 3 is 2.18 bits per heavy atom. The third-order valence-electron chi connectivity index (χ3n) is 1.06. The summed E-state index contributed by atoms with van der Waals surface area (Å²) in [6.45, 7) is 0. The summed E-state index contributed by atoms with van der Waals surface area (Å²) in [7, 11) is 0. The van der Waals surface area contributed by atoms with Crippen LogP contribution in [0.4, 0.5) is 0 Å². The van der Waals surface area contributed by atoms with E-state index >= 15 is 0 Å². The third kappa shape index (κ3) is 1.56. The Kier molecular flexibility index (Phi) is 1.91. The molecule has 58 valence electrons. The van der Waals surface area contributed by atoms with Crippen molar-refractivity contribution in [2.45, 2.75) is 0 Å². The molecule has 0 spiro atoms. The number of hydrogen-bond donors (Lipinski definition) is 2. The monoisotopic (exact) mass is 171 g/mol. The largest absolute Gasteiger partial charge is 0.477 e. The summed E-state index contributed by atoms with van der Waals surface area (Å²) in [4.78, 5) is 21.2. The van der Waals surface area contributed by atoms with Gasteiger partial charge < -0.3 is 10.8 Å². The first kappa shape index (κ1) is 7.74. The second-order valence-corrected chi connectivity index (χ2v) is 2.92. The van der Waals surface area contributed by atoms with Crippen LogP contribution in [0.1, 0.15) is 19.3 Å². The first-order valence-corrected chi connectivity index (χ1v) is 3.56. The maximum absolute atomic E-state index is 10.5. The Balaban J connectivity index is 2.99. The van der Waals surface area contributed by atoms with Gasteiger partial charge in [-0.3, -0.25) is 4.79 Å². The molecular formula is C6H5NO3S. The lowest BCUT2D eigenvalue weighted by Crippen LogP contribution is -2.08. The summed E-state index contributed by atoms with van der Waals surface area (Å²) in [6, 6.07) is 2.75. The fourth-order valence-electron chi connectivity index (χ4n) is 0.585. The van der Waals surface area contributed by atoms with Crippen molar-refractivity contribution < 1.29 is 14.7 Å².